The SMILES string of the molecule is C=CCCOCC(O)COCCC(O)CO[CH2-].C=CCCOCC(O)COCCC(O)CO[CH2-].[CH2-]OCC(CO)(CO)CO[CH2-].[Rf].[Rf].[Rf].[Rf]. The molecule has 0 aromatic rings. The maximum absolute atomic E-state index is 9.44. The molecule has 0 saturated carbocycles. The fourth-order valence-electron chi connectivity index (χ4n) is 2.89. The Balaban J connectivity index is -0.000000106. The van der Waals surface area contributed by atoms with Gasteiger partial charge in [0.25, 0.3) is 0 Å². The van der Waals surface area contributed by atoms with Crippen LogP contribution in [0.25, 0.3) is 0 Å². The largest absolute Gasteiger partial charge is 0.554 e. The first-order chi connectivity index (χ1) is 21.6. The standard InChI is InChI=1S/2C12H23O5.C7H14O4.4Rf/c2*1-3-4-6-16-9-12(14)10-17-7-5-11(13)8-15-2;1-10-5-7(3-8,4-9)6-11-2;;;;/h2*3,11-14H,1-2,4-10H2;8-9H,1-6H2;;;;/q2*-1;-2;;;;. The summed E-state index contributed by atoms with van der Waals surface area (Å²) in [5.41, 5.74) is -0.774. The van der Waals surface area contributed by atoms with Crippen molar-refractivity contribution in [1.82, 2.24) is 0 Å². The summed E-state index contributed by atoms with van der Waals surface area (Å²) in [5, 5.41) is 55.2. The minimum absolute atomic E-state index is 0. The van der Waals surface area contributed by atoms with Crippen molar-refractivity contribution in [2.45, 2.75) is 50.1 Å². The Morgan fingerprint density at radius 3 is 1.04 bits per heavy atom. The fourth-order valence-corrected chi connectivity index (χ4v) is 2.89. The molecular formula is C31H60O14Rf4-4. The predicted molar refractivity (Wildman–Crippen MR) is 168 cm³/mol. The normalized spacial score (nSPS) is 12.8. The Labute approximate surface area is 270 Å². The Morgan fingerprint density at radius 1 is 0.490 bits per heavy atom. The average molecular weight is 1720 g/mol. The molecule has 0 aromatic carbocycles. The van der Waals surface area contributed by atoms with Gasteiger partial charge in [-0.1, -0.05) is 12.2 Å². The molecule has 0 bridgehead atoms. The first-order valence-electron chi connectivity index (χ1n) is 14.6. The minimum Gasteiger partial charge on any atom is -0.554 e. The number of hydrogen-bond acceptors (Lipinski definition) is 14. The average Bonchev–Trinajstić information content (AvgIpc) is 3.02. The van der Waals surface area contributed by atoms with Crippen LogP contribution in [0.3, 0.4) is 0 Å². The molecule has 0 aliphatic heterocycles. The topological polar surface area (TPSA) is 195 Å². The zero-order valence-electron chi connectivity index (χ0n) is 29.7. The summed E-state index contributed by atoms with van der Waals surface area (Å²) in [5.74, 6) is 0. The maximum atomic E-state index is 9.44. The van der Waals surface area contributed by atoms with Crippen molar-refractivity contribution in [3.63, 3.8) is 0 Å². The molecule has 0 amide bonds. The minimum atomic E-state index is -0.774. The molecule has 0 rings (SSSR count). The summed E-state index contributed by atoms with van der Waals surface area (Å²) in [4.78, 5) is 0. The van der Waals surface area contributed by atoms with E-state index in [1.54, 1.807) is 12.2 Å². The van der Waals surface area contributed by atoms with Crippen LogP contribution in [0.15, 0.2) is 25.3 Å². The van der Waals surface area contributed by atoms with Crippen molar-refractivity contribution < 1.29 is 68.5 Å². The molecule has 0 aromatic heterocycles. The van der Waals surface area contributed by atoms with Crippen molar-refractivity contribution in [2.75, 3.05) is 92.5 Å². The zero-order chi connectivity index (χ0) is 34.6. The van der Waals surface area contributed by atoms with Gasteiger partial charge in [-0.15, -0.1) is 13.2 Å². The summed E-state index contributed by atoms with van der Waals surface area (Å²) >= 11 is 0. The molecular weight excluding hydrogens is 1660 g/mol. The van der Waals surface area contributed by atoms with Crippen LogP contribution in [0.1, 0.15) is 25.7 Å². The van der Waals surface area contributed by atoms with Gasteiger partial charge in [-0.25, -0.2) is 28.4 Å². The smallest absolute Gasteiger partial charge is 0.101 e. The summed E-state index contributed by atoms with van der Waals surface area (Å²) in [7, 11) is 12.6. The summed E-state index contributed by atoms with van der Waals surface area (Å²) in [6, 6.07) is 0. The van der Waals surface area contributed by atoms with E-state index in [1.807, 2.05) is 0 Å². The predicted octanol–water partition coefficient (Wildman–Crippen LogP) is 0.605. The molecule has 0 radical (unpaired) electrons. The van der Waals surface area contributed by atoms with E-state index in [1.165, 1.54) is 0 Å². The van der Waals surface area contributed by atoms with E-state index < -0.39 is 29.8 Å². The van der Waals surface area contributed by atoms with E-state index in [9.17, 15) is 20.4 Å². The third kappa shape index (κ3) is 42.9. The second kappa shape index (κ2) is 45.0. The van der Waals surface area contributed by atoms with Gasteiger partial charge in [0.05, 0.1) is 70.5 Å². The van der Waals surface area contributed by atoms with Crippen LogP contribution in [-0.2, 0) is 37.9 Å². The van der Waals surface area contributed by atoms with Crippen LogP contribution in [0.4, 0.5) is 0 Å². The van der Waals surface area contributed by atoms with Gasteiger partial charge in [0.2, 0.25) is 0 Å². The van der Waals surface area contributed by atoms with E-state index in [0.29, 0.717) is 39.3 Å². The van der Waals surface area contributed by atoms with Gasteiger partial charge in [-0.05, 0) is 25.7 Å². The van der Waals surface area contributed by atoms with E-state index in [2.05, 4.69) is 60.5 Å². The van der Waals surface area contributed by atoms with Gasteiger partial charge in [0, 0.05) is 39.6 Å². The number of ether oxygens (including phenoxy) is 8. The van der Waals surface area contributed by atoms with Crippen molar-refractivity contribution in [2.24, 2.45) is 5.41 Å². The maximum Gasteiger partial charge on any atom is 0.101 e. The van der Waals surface area contributed by atoms with Crippen LogP contribution in [0.5, 0.6) is 0 Å². The van der Waals surface area contributed by atoms with Crippen molar-refractivity contribution in [3.8, 4) is 0 Å². The fraction of sp³-hybridized carbons (Fsp3) is 0.742. The molecule has 280 valence electrons. The zero-order valence-corrected chi connectivity index (χ0v) is 55.3. The summed E-state index contributed by atoms with van der Waals surface area (Å²) in [6.45, 7) is 10.1. The number of aliphatic hydroxyl groups excluding tert-OH is 6. The number of hydrogen-bond donors (Lipinski definition) is 6. The molecule has 18 heteroatoms. The van der Waals surface area contributed by atoms with Gasteiger partial charge < -0.3 is 68.5 Å². The van der Waals surface area contributed by atoms with E-state index in [0.717, 1.165) is 12.8 Å². The molecule has 0 spiro atoms. The molecule has 0 aliphatic rings. The molecule has 14 nitrogen and oxygen atoms in total. The van der Waals surface area contributed by atoms with Gasteiger partial charge in [-0.2, -0.15) is 0 Å². The summed E-state index contributed by atoms with van der Waals surface area (Å²) in [6.07, 6.45) is 3.54. The van der Waals surface area contributed by atoms with Crippen LogP contribution >= 0.6 is 0 Å². The van der Waals surface area contributed by atoms with E-state index >= 15 is 0 Å². The van der Waals surface area contributed by atoms with Crippen LogP contribution < -0.4 is 0 Å². The molecule has 0 saturated heterocycles. The van der Waals surface area contributed by atoms with E-state index in [4.69, 9.17) is 29.2 Å². The quantitative estimate of drug-likeness (QED) is 0.0333. The Morgan fingerprint density at radius 2 is 0.796 bits per heavy atom. The summed E-state index contributed by atoms with van der Waals surface area (Å²) < 4.78 is 38.9. The Bertz CT molecular complexity index is 569. The number of aliphatic hydroxyl groups is 6. The molecule has 0 heterocycles. The van der Waals surface area contributed by atoms with Crippen molar-refractivity contribution >= 4 is 0 Å². The van der Waals surface area contributed by atoms with Crippen molar-refractivity contribution in [3.05, 3.63) is 53.7 Å². The van der Waals surface area contributed by atoms with Gasteiger partial charge in [0.15, 0.2) is 0 Å². The van der Waals surface area contributed by atoms with Crippen LogP contribution in [0, 0.1) is 33.9 Å². The first-order valence-corrected chi connectivity index (χ1v) is 14.6. The van der Waals surface area contributed by atoms with Gasteiger partial charge in [-0.3, -0.25) is 0 Å². The van der Waals surface area contributed by atoms with Gasteiger partial charge in [0.1, 0.15) is 12.2 Å². The third-order valence-electron chi connectivity index (χ3n) is 5.47. The molecule has 4 unspecified atom stereocenters. The molecule has 0 aliphatic carbocycles. The Kier molecular flexibility index (Phi) is 54.6. The monoisotopic (exact) mass is 1720 g/mol. The number of rotatable bonds is 30. The van der Waals surface area contributed by atoms with Crippen LogP contribution in [-0.4, -0.2) is 148 Å². The molecule has 49 heavy (non-hydrogen) atoms. The molecule has 0 fully saturated rings. The Hall–Kier alpha value is -5.08. The van der Waals surface area contributed by atoms with Gasteiger partial charge >= 0.3 is 0 Å². The van der Waals surface area contributed by atoms with E-state index in [-0.39, 0.29) is 66.1 Å². The second-order valence-electron chi connectivity index (χ2n) is 9.90. The molecule has 4 atom stereocenters. The third-order valence-corrected chi connectivity index (χ3v) is 5.47. The molecule has 6 N–H and O–H groups in total. The van der Waals surface area contributed by atoms with Crippen molar-refractivity contribution in [1.29, 1.82) is 0 Å². The first kappa shape index (κ1) is 59.4. The second-order valence-corrected chi connectivity index (χ2v) is 9.90. The van der Waals surface area contributed by atoms with Crippen LogP contribution in [0.2, 0.25) is 0 Å².